The Hall–Kier alpha value is -2.67. The molecule has 0 radical (unpaired) electrons. The highest BCUT2D eigenvalue weighted by Crippen LogP contribution is 2.28. The maximum atomic E-state index is 13.4. The van der Waals surface area contributed by atoms with E-state index >= 15 is 0 Å². The Labute approximate surface area is 196 Å². The van der Waals surface area contributed by atoms with E-state index in [9.17, 15) is 18.0 Å². The molecule has 3 rings (SSSR count). The molecular weight excluding hydrogens is 471 g/mol. The van der Waals surface area contributed by atoms with Gasteiger partial charge < -0.3 is 4.74 Å². The molecule has 0 unspecified atom stereocenters. The molecule has 3 aromatic carbocycles. The molecule has 32 heavy (non-hydrogen) atoms. The van der Waals surface area contributed by atoms with Gasteiger partial charge in [0.1, 0.15) is 11.0 Å². The van der Waals surface area contributed by atoms with E-state index < -0.39 is 33.1 Å². The predicted octanol–water partition coefficient (Wildman–Crippen LogP) is 5.61. The zero-order valence-electron chi connectivity index (χ0n) is 17.3. The summed E-state index contributed by atoms with van der Waals surface area (Å²) in [6.45, 7) is 1.82. The Kier molecular flexibility index (Phi) is 7.39. The van der Waals surface area contributed by atoms with Crippen LogP contribution in [0.15, 0.2) is 71.6 Å². The van der Waals surface area contributed by atoms with Gasteiger partial charge in [0.2, 0.25) is 0 Å². The summed E-state index contributed by atoms with van der Waals surface area (Å²) < 4.78 is 32.0. The first-order chi connectivity index (χ1) is 15.1. The zero-order valence-corrected chi connectivity index (χ0v) is 19.7. The highest BCUT2D eigenvalue weighted by Gasteiger charge is 2.37. The third kappa shape index (κ3) is 5.21. The first kappa shape index (κ1) is 24.0. The quantitative estimate of drug-likeness (QED) is 0.383. The number of hydrogen-bond donors (Lipinski definition) is 0. The minimum absolute atomic E-state index is 0.0371. The van der Waals surface area contributed by atoms with Crippen LogP contribution in [0.1, 0.15) is 32.7 Å². The van der Waals surface area contributed by atoms with Crippen molar-refractivity contribution in [3.05, 3.63) is 93.5 Å². The van der Waals surface area contributed by atoms with Gasteiger partial charge in [0.15, 0.2) is 21.4 Å². The molecule has 0 amide bonds. The Morgan fingerprint density at radius 3 is 2.12 bits per heavy atom. The van der Waals surface area contributed by atoms with E-state index in [4.69, 9.17) is 27.9 Å². The van der Waals surface area contributed by atoms with E-state index in [2.05, 4.69) is 0 Å². The maximum absolute atomic E-state index is 13.4. The van der Waals surface area contributed by atoms with Gasteiger partial charge in [0.05, 0.1) is 17.0 Å². The lowest BCUT2D eigenvalue weighted by atomic mass is 10.0. The number of ether oxygens (including phenoxy) is 1. The lowest BCUT2D eigenvalue weighted by Crippen LogP contribution is -2.33. The number of ketones is 2. The second-order valence-corrected chi connectivity index (χ2v) is 10.2. The molecule has 8 heteroatoms. The third-order valence-corrected chi connectivity index (χ3v) is 7.60. The highest BCUT2D eigenvalue weighted by atomic mass is 35.5. The fourth-order valence-electron chi connectivity index (χ4n) is 3.17. The molecule has 0 spiro atoms. The summed E-state index contributed by atoms with van der Waals surface area (Å²) in [5, 5.41) is -1.20. The number of rotatable bonds is 8. The molecule has 0 saturated heterocycles. The van der Waals surface area contributed by atoms with Gasteiger partial charge in [-0.05, 0) is 61.5 Å². The second-order valence-electron chi connectivity index (χ2n) is 7.19. The Balaban J connectivity index is 2.04. The number of hydrogen-bond acceptors (Lipinski definition) is 5. The monoisotopic (exact) mass is 490 g/mol. The van der Waals surface area contributed by atoms with Gasteiger partial charge in [-0.3, -0.25) is 9.59 Å². The standard InChI is InChI=1S/C24H20Cl2O5S/c1-15-3-10-19(11-4-15)32(29,30)23(24(28)16-5-8-18(31-2)9-6-16)14-22(27)20-12-7-17(25)13-21(20)26/h3-13,23H,14H2,1-2H3/t23-/m1/s1. The number of carbonyl (C=O) groups excluding carboxylic acids is 2. The Morgan fingerprint density at radius 1 is 0.938 bits per heavy atom. The van der Waals surface area contributed by atoms with Crippen molar-refractivity contribution in [3.63, 3.8) is 0 Å². The van der Waals surface area contributed by atoms with Crippen LogP contribution in [-0.4, -0.2) is 32.3 Å². The molecule has 0 aliphatic heterocycles. The summed E-state index contributed by atoms with van der Waals surface area (Å²) in [6, 6.07) is 16.5. The number of aryl methyl sites for hydroxylation is 1. The Morgan fingerprint density at radius 2 is 1.56 bits per heavy atom. The molecule has 0 fully saturated rings. The van der Waals surface area contributed by atoms with E-state index in [0.717, 1.165) is 5.56 Å². The minimum atomic E-state index is -4.18. The van der Waals surface area contributed by atoms with Crippen LogP contribution in [0.2, 0.25) is 10.0 Å². The molecular formula is C24H20Cl2O5S. The van der Waals surface area contributed by atoms with Crippen LogP contribution in [0.25, 0.3) is 0 Å². The third-order valence-electron chi connectivity index (χ3n) is 4.99. The zero-order chi connectivity index (χ0) is 23.5. The van der Waals surface area contributed by atoms with Gasteiger partial charge in [-0.15, -0.1) is 0 Å². The molecule has 5 nitrogen and oxygen atoms in total. The average Bonchev–Trinajstić information content (AvgIpc) is 2.77. The lowest BCUT2D eigenvalue weighted by Gasteiger charge is -2.17. The highest BCUT2D eigenvalue weighted by molar-refractivity contribution is 7.92. The van der Waals surface area contributed by atoms with Crippen molar-refractivity contribution >= 4 is 44.6 Å². The summed E-state index contributed by atoms with van der Waals surface area (Å²) >= 11 is 12.0. The summed E-state index contributed by atoms with van der Waals surface area (Å²) in [6.07, 6.45) is -0.567. The van der Waals surface area contributed by atoms with Crippen LogP contribution in [0.5, 0.6) is 5.75 Å². The van der Waals surface area contributed by atoms with Crippen LogP contribution in [0.4, 0.5) is 0 Å². The Bertz CT molecular complexity index is 1250. The molecule has 0 heterocycles. The van der Waals surface area contributed by atoms with E-state index in [-0.39, 0.29) is 21.0 Å². The van der Waals surface area contributed by atoms with Gasteiger partial charge in [-0.1, -0.05) is 40.9 Å². The van der Waals surface area contributed by atoms with Crippen LogP contribution in [-0.2, 0) is 9.84 Å². The first-order valence-corrected chi connectivity index (χ1v) is 11.9. The van der Waals surface area contributed by atoms with Crippen molar-refractivity contribution < 1.29 is 22.7 Å². The largest absolute Gasteiger partial charge is 0.497 e. The fraction of sp³-hybridized carbons (Fsp3) is 0.167. The van der Waals surface area contributed by atoms with Crippen LogP contribution >= 0.6 is 23.2 Å². The fourth-order valence-corrected chi connectivity index (χ4v) is 5.32. The van der Waals surface area contributed by atoms with Crippen molar-refractivity contribution in [2.45, 2.75) is 23.5 Å². The summed E-state index contributed by atoms with van der Waals surface area (Å²) in [5.41, 5.74) is 1.12. The molecule has 166 valence electrons. The average molecular weight is 491 g/mol. The van der Waals surface area contributed by atoms with Gasteiger partial charge in [-0.25, -0.2) is 8.42 Å². The van der Waals surface area contributed by atoms with Gasteiger partial charge >= 0.3 is 0 Å². The SMILES string of the molecule is COc1ccc(C(=O)[C@@H](CC(=O)c2ccc(Cl)cc2Cl)S(=O)(=O)c2ccc(C)cc2)cc1. The maximum Gasteiger partial charge on any atom is 0.189 e. The molecule has 1 atom stereocenters. The minimum Gasteiger partial charge on any atom is -0.497 e. The van der Waals surface area contributed by atoms with Gasteiger partial charge in [0.25, 0.3) is 0 Å². The van der Waals surface area contributed by atoms with E-state index in [1.165, 1.54) is 49.6 Å². The van der Waals surface area contributed by atoms with Gasteiger partial charge in [-0.2, -0.15) is 0 Å². The van der Waals surface area contributed by atoms with Crippen LogP contribution < -0.4 is 4.74 Å². The number of methoxy groups -OCH3 is 1. The van der Waals surface area contributed by atoms with Gasteiger partial charge in [0, 0.05) is 22.6 Å². The summed E-state index contributed by atoms with van der Waals surface area (Å²) in [5.74, 6) is -0.746. The predicted molar refractivity (Wildman–Crippen MR) is 125 cm³/mol. The van der Waals surface area contributed by atoms with E-state index in [1.807, 2.05) is 6.92 Å². The van der Waals surface area contributed by atoms with Crippen molar-refractivity contribution in [2.24, 2.45) is 0 Å². The molecule has 0 saturated carbocycles. The molecule has 3 aromatic rings. The van der Waals surface area contributed by atoms with E-state index in [1.54, 1.807) is 24.3 Å². The number of halogens is 2. The molecule has 0 aromatic heterocycles. The topological polar surface area (TPSA) is 77.5 Å². The molecule has 0 bridgehead atoms. The first-order valence-electron chi connectivity index (χ1n) is 9.60. The van der Waals surface area contributed by atoms with Crippen LogP contribution in [0, 0.1) is 6.92 Å². The van der Waals surface area contributed by atoms with Crippen molar-refractivity contribution in [1.29, 1.82) is 0 Å². The van der Waals surface area contributed by atoms with Crippen molar-refractivity contribution in [2.75, 3.05) is 7.11 Å². The number of carbonyl (C=O) groups is 2. The molecule has 0 aliphatic carbocycles. The lowest BCUT2D eigenvalue weighted by molar-refractivity contribution is 0.0920. The number of benzene rings is 3. The summed E-state index contributed by atoms with van der Waals surface area (Å²) in [4.78, 5) is 26.3. The smallest absolute Gasteiger partial charge is 0.189 e. The molecule has 0 N–H and O–H groups in total. The van der Waals surface area contributed by atoms with E-state index in [0.29, 0.717) is 10.8 Å². The second kappa shape index (κ2) is 9.86. The van der Waals surface area contributed by atoms with Crippen LogP contribution in [0.3, 0.4) is 0 Å². The van der Waals surface area contributed by atoms with Crippen molar-refractivity contribution in [1.82, 2.24) is 0 Å². The molecule has 0 aliphatic rings. The summed E-state index contributed by atoms with van der Waals surface area (Å²) in [7, 11) is -2.69. The van der Waals surface area contributed by atoms with Crippen molar-refractivity contribution in [3.8, 4) is 5.75 Å². The normalized spacial score (nSPS) is 12.2. The number of Topliss-reactive ketones (excluding diaryl/α,β-unsaturated/α-hetero) is 2. The number of sulfone groups is 1.